The number of hydrogen-bond donors (Lipinski definition) is 0. The lowest BCUT2D eigenvalue weighted by Crippen LogP contribution is -2.54. The molecule has 0 aromatic heterocycles. The largest absolute Gasteiger partial charge is 0.466 e. The maximum Gasteiger partial charge on any atom is 0.302 e. The topological polar surface area (TPSA) is 43.4 Å². The van der Waals surface area contributed by atoms with E-state index in [4.69, 9.17) is 4.74 Å². The Kier molecular flexibility index (Phi) is 6.99. The first-order valence-corrected chi connectivity index (χ1v) is 14.3. The van der Waals surface area contributed by atoms with E-state index in [1.54, 1.807) is 18.1 Å². The molecule has 6 atom stereocenters. The summed E-state index contributed by atoms with van der Waals surface area (Å²) in [4.78, 5) is 24.6. The summed E-state index contributed by atoms with van der Waals surface area (Å²) in [7, 11) is 0. The van der Waals surface area contributed by atoms with Crippen LogP contribution in [0.25, 0.3) is 0 Å². The van der Waals surface area contributed by atoms with Crippen LogP contribution in [0.3, 0.4) is 0 Å². The fourth-order valence-electron chi connectivity index (χ4n) is 9.50. The van der Waals surface area contributed by atoms with E-state index in [2.05, 4.69) is 54.5 Å². The van der Waals surface area contributed by atoms with E-state index in [0.717, 1.165) is 38.5 Å². The van der Waals surface area contributed by atoms with Gasteiger partial charge in [-0.25, -0.2) is 0 Å². The molecule has 0 bridgehead atoms. The molecule has 0 aromatic carbocycles. The molecule has 0 aromatic rings. The lowest BCUT2D eigenvalue weighted by atomic mass is 9.43. The van der Waals surface area contributed by atoms with E-state index in [-0.39, 0.29) is 27.6 Å². The van der Waals surface area contributed by atoms with Gasteiger partial charge >= 0.3 is 5.97 Å². The Balaban J connectivity index is 1.67. The molecule has 196 valence electrons. The number of ether oxygens (including phenoxy) is 1. The van der Waals surface area contributed by atoms with Gasteiger partial charge in [-0.1, -0.05) is 57.4 Å². The van der Waals surface area contributed by atoms with E-state index in [1.165, 1.54) is 31.3 Å². The molecule has 0 radical (unpaired) electrons. The fraction of sp³-hybridized carbons (Fsp3) is 0.812. The molecule has 0 spiro atoms. The number of carbonyl (C=O) groups excluding carboxylic acids is 2. The van der Waals surface area contributed by atoms with Crippen LogP contribution in [-0.4, -0.2) is 18.4 Å². The van der Waals surface area contributed by atoms with Crippen molar-refractivity contribution in [1.29, 1.82) is 0 Å². The SMILES string of the molecule is CC(=O)OC[C@H](CCC=C(C)C)[C@H]1CC[C@@]2(C)C3=C(CC[C@]12C)[C@@]1(C)CCC(=O)C(C)(C)[C@@H]1CC3. The van der Waals surface area contributed by atoms with Crippen LogP contribution in [0.1, 0.15) is 120 Å². The van der Waals surface area contributed by atoms with Crippen LogP contribution in [-0.2, 0) is 14.3 Å². The van der Waals surface area contributed by atoms with Gasteiger partial charge < -0.3 is 4.74 Å². The van der Waals surface area contributed by atoms with Crippen molar-refractivity contribution in [2.24, 2.45) is 39.4 Å². The molecule has 0 amide bonds. The van der Waals surface area contributed by atoms with Gasteiger partial charge in [-0.05, 0) is 106 Å². The Morgan fingerprint density at radius 1 is 0.971 bits per heavy atom. The lowest BCUT2D eigenvalue weighted by molar-refractivity contribution is -0.143. The average Bonchev–Trinajstić information content (AvgIpc) is 3.05. The van der Waals surface area contributed by atoms with Gasteiger partial charge in [0.15, 0.2) is 0 Å². The molecule has 4 aliphatic carbocycles. The summed E-state index contributed by atoms with van der Waals surface area (Å²) in [6.45, 7) is 18.5. The summed E-state index contributed by atoms with van der Waals surface area (Å²) < 4.78 is 5.65. The molecule has 3 heteroatoms. The summed E-state index contributed by atoms with van der Waals surface area (Å²) in [5.74, 6) is 1.79. The quantitative estimate of drug-likeness (QED) is 0.283. The lowest BCUT2D eigenvalue weighted by Gasteiger charge is -2.61. The summed E-state index contributed by atoms with van der Waals surface area (Å²) in [6, 6.07) is 0. The van der Waals surface area contributed by atoms with Gasteiger partial charge in [-0.2, -0.15) is 0 Å². The third-order valence-electron chi connectivity index (χ3n) is 11.7. The van der Waals surface area contributed by atoms with Crippen LogP contribution < -0.4 is 0 Å². The van der Waals surface area contributed by atoms with E-state index in [0.29, 0.717) is 30.1 Å². The fourth-order valence-corrected chi connectivity index (χ4v) is 9.50. The number of ketones is 1. The van der Waals surface area contributed by atoms with Crippen LogP contribution >= 0.6 is 0 Å². The van der Waals surface area contributed by atoms with E-state index >= 15 is 0 Å². The number of fused-ring (bicyclic) bond motifs is 4. The summed E-state index contributed by atoms with van der Waals surface area (Å²) in [5, 5.41) is 0. The second kappa shape index (κ2) is 9.18. The van der Waals surface area contributed by atoms with Crippen molar-refractivity contribution >= 4 is 11.8 Å². The average molecular weight is 483 g/mol. The van der Waals surface area contributed by atoms with Gasteiger partial charge in [-0.3, -0.25) is 9.59 Å². The van der Waals surface area contributed by atoms with Gasteiger partial charge in [0, 0.05) is 18.8 Å². The number of hydrogen-bond acceptors (Lipinski definition) is 3. The second-order valence-electron chi connectivity index (χ2n) is 13.9. The Bertz CT molecular complexity index is 934. The molecule has 0 heterocycles. The van der Waals surface area contributed by atoms with Crippen LogP contribution in [0.5, 0.6) is 0 Å². The van der Waals surface area contributed by atoms with Crippen molar-refractivity contribution in [3.63, 3.8) is 0 Å². The van der Waals surface area contributed by atoms with Gasteiger partial charge in [0.2, 0.25) is 0 Å². The molecule has 0 unspecified atom stereocenters. The molecule has 0 saturated heterocycles. The molecule has 4 aliphatic rings. The summed E-state index contributed by atoms with van der Waals surface area (Å²) >= 11 is 0. The maximum atomic E-state index is 12.9. The zero-order chi connectivity index (χ0) is 25.8. The first kappa shape index (κ1) is 26.7. The minimum Gasteiger partial charge on any atom is -0.466 e. The predicted molar refractivity (Wildman–Crippen MR) is 143 cm³/mol. The van der Waals surface area contributed by atoms with Crippen molar-refractivity contribution < 1.29 is 14.3 Å². The smallest absolute Gasteiger partial charge is 0.302 e. The monoisotopic (exact) mass is 482 g/mol. The highest BCUT2D eigenvalue weighted by Gasteiger charge is 2.63. The number of rotatable bonds is 6. The first-order chi connectivity index (χ1) is 16.3. The second-order valence-corrected chi connectivity index (χ2v) is 13.9. The minimum absolute atomic E-state index is 0.155. The summed E-state index contributed by atoms with van der Waals surface area (Å²) in [5.41, 5.74) is 5.29. The molecular weight excluding hydrogens is 432 g/mol. The Labute approximate surface area is 214 Å². The summed E-state index contributed by atoms with van der Waals surface area (Å²) in [6.07, 6.45) is 13.5. The third kappa shape index (κ3) is 4.17. The van der Waals surface area contributed by atoms with Gasteiger partial charge in [0.25, 0.3) is 0 Å². The van der Waals surface area contributed by atoms with Gasteiger partial charge in [0.1, 0.15) is 5.78 Å². The van der Waals surface area contributed by atoms with Crippen molar-refractivity contribution in [3.8, 4) is 0 Å². The Morgan fingerprint density at radius 3 is 2.34 bits per heavy atom. The number of allylic oxidation sites excluding steroid dienone is 4. The molecule has 35 heavy (non-hydrogen) atoms. The maximum absolute atomic E-state index is 12.9. The van der Waals surface area contributed by atoms with Crippen molar-refractivity contribution in [2.75, 3.05) is 6.61 Å². The van der Waals surface area contributed by atoms with E-state index in [1.807, 2.05) is 0 Å². The van der Waals surface area contributed by atoms with Crippen molar-refractivity contribution in [2.45, 2.75) is 120 Å². The van der Waals surface area contributed by atoms with Crippen LogP contribution in [0.2, 0.25) is 0 Å². The molecule has 4 rings (SSSR count). The molecular formula is C32H50O3. The zero-order valence-electron chi connectivity index (χ0n) is 23.8. The standard InChI is InChI=1S/C32H50O3/c1-21(2)10-9-11-23(20-35-22(3)33)24-14-18-32(8)26-12-13-27-29(4,5)28(34)16-17-30(27,6)25(26)15-19-31(24,32)7/h10,23-24,27H,9,11-20H2,1-8H3/t23-,24+,27-,30+,31+,32-/m0/s1. The van der Waals surface area contributed by atoms with E-state index < -0.39 is 0 Å². The van der Waals surface area contributed by atoms with Crippen molar-refractivity contribution in [3.05, 3.63) is 22.8 Å². The molecule has 0 aliphatic heterocycles. The zero-order valence-corrected chi connectivity index (χ0v) is 23.8. The molecule has 0 N–H and O–H groups in total. The van der Waals surface area contributed by atoms with Crippen LogP contribution in [0.4, 0.5) is 0 Å². The third-order valence-corrected chi connectivity index (χ3v) is 11.7. The first-order valence-electron chi connectivity index (χ1n) is 14.3. The highest BCUT2D eigenvalue weighted by molar-refractivity contribution is 5.85. The Morgan fingerprint density at radius 2 is 1.69 bits per heavy atom. The van der Waals surface area contributed by atoms with Crippen LogP contribution in [0.15, 0.2) is 22.8 Å². The molecule has 2 saturated carbocycles. The van der Waals surface area contributed by atoms with Gasteiger partial charge in [-0.15, -0.1) is 0 Å². The highest BCUT2D eigenvalue weighted by atomic mass is 16.5. The number of esters is 1. The van der Waals surface area contributed by atoms with Crippen LogP contribution in [0, 0.1) is 39.4 Å². The highest BCUT2D eigenvalue weighted by Crippen LogP contribution is 2.72. The molecule has 3 nitrogen and oxygen atoms in total. The number of carbonyl (C=O) groups is 2. The predicted octanol–water partition coefficient (Wildman–Crippen LogP) is 8.23. The van der Waals surface area contributed by atoms with Gasteiger partial charge in [0.05, 0.1) is 6.61 Å². The molecule has 2 fully saturated rings. The Hall–Kier alpha value is -1.38. The van der Waals surface area contributed by atoms with Crippen molar-refractivity contribution in [1.82, 2.24) is 0 Å². The number of Topliss-reactive ketones (excluding diaryl/α,β-unsaturated/α-hetero) is 1. The normalized spacial score (nSPS) is 38.8. The van der Waals surface area contributed by atoms with E-state index in [9.17, 15) is 9.59 Å². The minimum atomic E-state index is -0.203.